The van der Waals surface area contributed by atoms with E-state index in [9.17, 15) is 9.59 Å². The number of aromatic amines is 1. The Bertz CT molecular complexity index is 1130. The number of H-pyrrole nitrogens is 1. The fourth-order valence-corrected chi connectivity index (χ4v) is 3.08. The van der Waals surface area contributed by atoms with Crippen molar-refractivity contribution in [2.24, 2.45) is 0 Å². The summed E-state index contributed by atoms with van der Waals surface area (Å²) in [5.74, 6) is 0.474. The molecule has 0 saturated heterocycles. The summed E-state index contributed by atoms with van der Waals surface area (Å²) in [4.78, 5) is 24.2. The number of pyridine rings is 1. The Morgan fingerprint density at radius 2 is 1.91 bits per heavy atom. The molecular formula is C15H8IN3O3. The third-order valence-corrected chi connectivity index (χ3v) is 4.41. The standard InChI is InChI=1S/C15H8IN3O3/c16-10-11(20)9-6-7-19-14(17-18-15(19)21)13(9)22-12(10)8-4-2-1-3-5-8/h1-7H,(H,18,21). The van der Waals surface area contributed by atoms with Crippen molar-refractivity contribution in [3.8, 4) is 11.3 Å². The van der Waals surface area contributed by atoms with Gasteiger partial charge in [0.05, 0.1) is 5.39 Å². The van der Waals surface area contributed by atoms with Crippen molar-refractivity contribution in [2.45, 2.75) is 0 Å². The second kappa shape index (κ2) is 4.80. The molecule has 0 atom stereocenters. The van der Waals surface area contributed by atoms with Crippen molar-refractivity contribution in [3.63, 3.8) is 0 Å². The molecule has 0 aliphatic carbocycles. The molecule has 7 heteroatoms. The molecule has 0 unspecified atom stereocenters. The molecule has 0 aliphatic heterocycles. The highest BCUT2D eigenvalue weighted by molar-refractivity contribution is 14.1. The fourth-order valence-electron chi connectivity index (χ4n) is 2.37. The lowest BCUT2D eigenvalue weighted by atomic mass is 10.1. The fraction of sp³-hybridized carbons (Fsp3) is 0. The maximum Gasteiger partial charge on any atom is 0.347 e. The Morgan fingerprint density at radius 1 is 1.14 bits per heavy atom. The Kier molecular flexibility index (Phi) is 2.89. The molecule has 3 aromatic heterocycles. The Morgan fingerprint density at radius 3 is 2.68 bits per heavy atom. The number of halogens is 1. The van der Waals surface area contributed by atoms with Gasteiger partial charge in [-0.25, -0.2) is 14.3 Å². The number of hydrogen-bond acceptors (Lipinski definition) is 4. The number of hydrogen-bond donors (Lipinski definition) is 1. The maximum atomic E-state index is 12.6. The average molecular weight is 405 g/mol. The minimum atomic E-state index is -0.376. The number of nitrogens with one attached hydrogen (secondary N) is 1. The zero-order valence-corrected chi connectivity index (χ0v) is 13.2. The number of fused-ring (bicyclic) bond motifs is 3. The molecule has 0 fully saturated rings. The third kappa shape index (κ3) is 1.82. The maximum absolute atomic E-state index is 12.6. The Hall–Kier alpha value is -2.42. The topological polar surface area (TPSA) is 80.4 Å². The van der Waals surface area contributed by atoms with Gasteiger partial charge < -0.3 is 4.42 Å². The van der Waals surface area contributed by atoms with Crippen molar-refractivity contribution in [1.29, 1.82) is 0 Å². The van der Waals surface area contributed by atoms with E-state index in [1.165, 1.54) is 10.6 Å². The largest absolute Gasteiger partial charge is 0.451 e. The molecule has 4 rings (SSSR count). The lowest BCUT2D eigenvalue weighted by Crippen LogP contribution is -2.11. The van der Waals surface area contributed by atoms with Crippen LogP contribution in [0.5, 0.6) is 0 Å². The first-order valence-corrected chi connectivity index (χ1v) is 7.52. The molecule has 0 amide bonds. The first-order chi connectivity index (χ1) is 10.7. The van der Waals surface area contributed by atoms with Crippen LogP contribution in [-0.4, -0.2) is 14.6 Å². The normalized spacial score (nSPS) is 11.3. The van der Waals surface area contributed by atoms with Crippen molar-refractivity contribution in [1.82, 2.24) is 14.6 Å². The number of benzene rings is 1. The molecule has 108 valence electrons. The van der Waals surface area contributed by atoms with Gasteiger partial charge in [0.15, 0.2) is 11.3 Å². The monoisotopic (exact) mass is 405 g/mol. The summed E-state index contributed by atoms with van der Waals surface area (Å²) in [6, 6.07) is 10.9. The van der Waals surface area contributed by atoms with Crippen LogP contribution in [0.1, 0.15) is 0 Å². The van der Waals surface area contributed by atoms with E-state index in [0.717, 1.165) is 5.56 Å². The van der Waals surface area contributed by atoms with Crippen LogP contribution in [0.2, 0.25) is 0 Å². The highest BCUT2D eigenvalue weighted by Crippen LogP contribution is 2.27. The molecule has 0 spiro atoms. The minimum absolute atomic E-state index is 0.140. The average Bonchev–Trinajstić information content (AvgIpc) is 2.93. The smallest absolute Gasteiger partial charge is 0.347 e. The van der Waals surface area contributed by atoms with E-state index in [4.69, 9.17) is 4.42 Å². The summed E-state index contributed by atoms with van der Waals surface area (Å²) in [7, 11) is 0. The molecule has 22 heavy (non-hydrogen) atoms. The molecule has 4 aromatic rings. The highest BCUT2D eigenvalue weighted by Gasteiger charge is 2.17. The van der Waals surface area contributed by atoms with Crippen LogP contribution in [0.15, 0.2) is 56.6 Å². The predicted molar refractivity (Wildman–Crippen MR) is 90.0 cm³/mol. The Balaban J connectivity index is 2.20. The van der Waals surface area contributed by atoms with Crippen LogP contribution in [0.3, 0.4) is 0 Å². The van der Waals surface area contributed by atoms with Gasteiger partial charge in [-0.05, 0) is 28.7 Å². The molecule has 1 aromatic carbocycles. The van der Waals surface area contributed by atoms with Gasteiger partial charge in [0.25, 0.3) is 0 Å². The van der Waals surface area contributed by atoms with Crippen LogP contribution >= 0.6 is 22.6 Å². The molecule has 6 nitrogen and oxygen atoms in total. The predicted octanol–water partition coefficient (Wildman–Crippen LogP) is 2.40. The van der Waals surface area contributed by atoms with Crippen LogP contribution < -0.4 is 11.1 Å². The van der Waals surface area contributed by atoms with Gasteiger partial charge in [0, 0.05) is 11.8 Å². The summed E-state index contributed by atoms with van der Waals surface area (Å²) in [6.07, 6.45) is 1.51. The summed E-state index contributed by atoms with van der Waals surface area (Å²) in [5.41, 5.74) is 0.877. The van der Waals surface area contributed by atoms with Crippen LogP contribution in [0, 0.1) is 3.57 Å². The molecule has 0 radical (unpaired) electrons. The lowest BCUT2D eigenvalue weighted by molar-refractivity contribution is 0.615. The zero-order valence-electron chi connectivity index (χ0n) is 11.0. The highest BCUT2D eigenvalue weighted by atomic mass is 127. The van der Waals surface area contributed by atoms with E-state index in [2.05, 4.69) is 10.2 Å². The van der Waals surface area contributed by atoms with E-state index >= 15 is 0 Å². The molecule has 0 bridgehead atoms. The van der Waals surface area contributed by atoms with Gasteiger partial charge >= 0.3 is 5.69 Å². The van der Waals surface area contributed by atoms with Crippen molar-refractivity contribution >= 4 is 39.2 Å². The van der Waals surface area contributed by atoms with E-state index in [1.54, 1.807) is 6.07 Å². The van der Waals surface area contributed by atoms with E-state index in [1.807, 2.05) is 52.9 Å². The van der Waals surface area contributed by atoms with Crippen molar-refractivity contribution in [3.05, 3.63) is 66.9 Å². The molecule has 0 saturated carbocycles. The van der Waals surface area contributed by atoms with Crippen LogP contribution in [0.4, 0.5) is 0 Å². The quantitative estimate of drug-likeness (QED) is 0.494. The zero-order chi connectivity index (χ0) is 15.3. The number of aromatic nitrogens is 3. The number of rotatable bonds is 1. The van der Waals surface area contributed by atoms with Gasteiger partial charge in [-0.1, -0.05) is 30.3 Å². The minimum Gasteiger partial charge on any atom is -0.451 e. The summed E-state index contributed by atoms with van der Waals surface area (Å²) in [6.45, 7) is 0. The van der Waals surface area contributed by atoms with E-state index in [0.29, 0.717) is 25.9 Å². The van der Waals surface area contributed by atoms with Gasteiger partial charge in [0.1, 0.15) is 3.57 Å². The Labute approximate surface area is 136 Å². The third-order valence-electron chi connectivity index (χ3n) is 3.43. The van der Waals surface area contributed by atoms with Crippen molar-refractivity contribution in [2.75, 3.05) is 0 Å². The second-order valence-corrected chi connectivity index (χ2v) is 5.80. The van der Waals surface area contributed by atoms with E-state index < -0.39 is 0 Å². The van der Waals surface area contributed by atoms with Crippen LogP contribution in [-0.2, 0) is 0 Å². The van der Waals surface area contributed by atoms with Gasteiger partial charge in [-0.3, -0.25) is 4.79 Å². The van der Waals surface area contributed by atoms with Crippen molar-refractivity contribution < 1.29 is 4.42 Å². The molecule has 1 N–H and O–H groups in total. The van der Waals surface area contributed by atoms with Gasteiger partial charge in [-0.2, -0.15) is 0 Å². The van der Waals surface area contributed by atoms with Crippen LogP contribution in [0.25, 0.3) is 27.9 Å². The van der Waals surface area contributed by atoms with Gasteiger partial charge in [-0.15, -0.1) is 5.10 Å². The van der Waals surface area contributed by atoms with E-state index in [-0.39, 0.29) is 11.1 Å². The summed E-state index contributed by atoms with van der Waals surface area (Å²) < 4.78 is 7.75. The molecule has 3 heterocycles. The summed E-state index contributed by atoms with van der Waals surface area (Å²) in [5, 5.41) is 6.70. The first-order valence-electron chi connectivity index (χ1n) is 6.44. The summed E-state index contributed by atoms with van der Waals surface area (Å²) >= 11 is 1.98. The molecular weight excluding hydrogens is 397 g/mol. The molecule has 0 aliphatic rings. The number of nitrogens with zero attached hydrogens (tertiary/aromatic N) is 2. The first kappa shape index (κ1) is 13.3. The second-order valence-electron chi connectivity index (χ2n) is 4.72. The van der Waals surface area contributed by atoms with Gasteiger partial charge in [0.2, 0.25) is 11.1 Å². The SMILES string of the molecule is O=c1c(I)c(-c2ccccc2)oc2c1ccn1c(=O)[nH]nc21. The lowest BCUT2D eigenvalue weighted by Gasteiger charge is -2.06.